The van der Waals surface area contributed by atoms with Crippen LogP contribution in [0.25, 0.3) is 22.8 Å². The van der Waals surface area contributed by atoms with Crippen molar-refractivity contribution in [1.82, 2.24) is 19.7 Å². The zero-order chi connectivity index (χ0) is 23.9. The summed E-state index contributed by atoms with van der Waals surface area (Å²) in [6.45, 7) is 2.37. The third-order valence-corrected chi connectivity index (χ3v) is 6.26. The second kappa shape index (κ2) is 8.29. The minimum atomic E-state index is -0.127. The van der Waals surface area contributed by atoms with Crippen molar-refractivity contribution in [3.63, 3.8) is 0 Å². The van der Waals surface area contributed by atoms with Gasteiger partial charge in [-0.05, 0) is 48.4 Å². The van der Waals surface area contributed by atoms with E-state index < -0.39 is 0 Å². The summed E-state index contributed by atoms with van der Waals surface area (Å²) in [5.41, 5.74) is 13.1. The highest BCUT2D eigenvalue weighted by Gasteiger charge is 2.25. The standard InChI is InChI=1S/C28H23N5O2/c1-17-31-24-11-10-21(14-25(24)32-17)33-28(29)23(15-30-33)27(34)20-12-19-8-5-9-26(22(19)13-20)35-16-18-6-3-2-4-7-18/h2-11,13-15H,12,16,29H2,1H3,(H,31,32). The van der Waals surface area contributed by atoms with E-state index in [-0.39, 0.29) is 5.78 Å². The molecule has 5 aromatic rings. The molecule has 0 fully saturated rings. The van der Waals surface area contributed by atoms with E-state index in [9.17, 15) is 4.79 Å². The average Bonchev–Trinajstić information content (AvgIpc) is 3.58. The molecule has 2 heterocycles. The van der Waals surface area contributed by atoms with E-state index in [1.54, 1.807) is 4.68 Å². The predicted molar refractivity (Wildman–Crippen MR) is 136 cm³/mol. The summed E-state index contributed by atoms with van der Waals surface area (Å²) >= 11 is 0. The lowest BCUT2D eigenvalue weighted by Gasteiger charge is -2.10. The zero-order valence-electron chi connectivity index (χ0n) is 19.2. The Morgan fingerprint density at radius 2 is 1.97 bits per heavy atom. The van der Waals surface area contributed by atoms with Crippen LogP contribution in [0.15, 0.2) is 78.5 Å². The van der Waals surface area contributed by atoms with Gasteiger partial charge in [-0.3, -0.25) is 4.79 Å². The lowest BCUT2D eigenvalue weighted by molar-refractivity contribution is 0.103. The molecular formula is C28H23N5O2. The number of nitrogens with two attached hydrogens (primary N) is 1. The molecular weight excluding hydrogens is 438 g/mol. The third-order valence-electron chi connectivity index (χ3n) is 6.26. The number of H-pyrrole nitrogens is 1. The van der Waals surface area contributed by atoms with Crippen LogP contribution in [0.5, 0.6) is 5.75 Å². The van der Waals surface area contributed by atoms with Crippen molar-refractivity contribution in [3.05, 3.63) is 107 Å². The van der Waals surface area contributed by atoms with Gasteiger partial charge in [0, 0.05) is 17.6 Å². The van der Waals surface area contributed by atoms with Gasteiger partial charge in [0.25, 0.3) is 0 Å². The summed E-state index contributed by atoms with van der Waals surface area (Å²) in [5.74, 6) is 1.78. The summed E-state index contributed by atoms with van der Waals surface area (Å²) in [6, 6.07) is 21.7. The van der Waals surface area contributed by atoms with Crippen LogP contribution in [-0.4, -0.2) is 25.5 Å². The van der Waals surface area contributed by atoms with Crippen molar-refractivity contribution < 1.29 is 9.53 Å². The number of aromatic nitrogens is 4. The second-order valence-electron chi connectivity index (χ2n) is 8.66. The lowest BCUT2D eigenvalue weighted by atomic mass is 10.0. The third kappa shape index (κ3) is 3.77. The fraction of sp³-hybridized carbons (Fsp3) is 0.107. The molecule has 172 valence electrons. The van der Waals surface area contributed by atoms with Crippen molar-refractivity contribution in [1.29, 1.82) is 0 Å². The van der Waals surface area contributed by atoms with Crippen LogP contribution < -0.4 is 10.5 Å². The van der Waals surface area contributed by atoms with Gasteiger partial charge in [0.15, 0.2) is 5.78 Å². The molecule has 0 radical (unpaired) electrons. The molecule has 6 rings (SSSR count). The molecule has 7 nitrogen and oxygen atoms in total. The average molecular weight is 462 g/mol. The van der Waals surface area contributed by atoms with Crippen LogP contribution in [0.1, 0.15) is 32.9 Å². The number of Topliss-reactive ketones (excluding diaryl/α,β-unsaturated/α-hetero) is 1. The second-order valence-corrected chi connectivity index (χ2v) is 8.66. The fourth-order valence-electron chi connectivity index (χ4n) is 4.51. The van der Waals surface area contributed by atoms with E-state index in [0.717, 1.165) is 45.0 Å². The number of hydrogen-bond acceptors (Lipinski definition) is 5. The summed E-state index contributed by atoms with van der Waals surface area (Å²) in [5, 5.41) is 4.41. The van der Waals surface area contributed by atoms with Crippen molar-refractivity contribution in [2.75, 3.05) is 5.73 Å². The van der Waals surface area contributed by atoms with E-state index in [4.69, 9.17) is 10.5 Å². The van der Waals surface area contributed by atoms with Crippen molar-refractivity contribution in [3.8, 4) is 11.4 Å². The van der Waals surface area contributed by atoms with E-state index in [2.05, 4.69) is 15.1 Å². The van der Waals surface area contributed by atoms with Gasteiger partial charge in [0.2, 0.25) is 0 Å². The molecule has 1 aliphatic rings. The largest absolute Gasteiger partial charge is 0.488 e. The van der Waals surface area contributed by atoms with Gasteiger partial charge in [0.1, 0.15) is 24.0 Å². The maximum atomic E-state index is 13.4. The van der Waals surface area contributed by atoms with E-state index in [0.29, 0.717) is 30.0 Å². The number of carbonyl (C=O) groups excluding carboxylic acids is 1. The number of fused-ring (bicyclic) bond motifs is 2. The molecule has 0 aliphatic heterocycles. The van der Waals surface area contributed by atoms with Gasteiger partial charge >= 0.3 is 0 Å². The van der Waals surface area contributed by atoms with Gasteiger partial charge in [-0.2, -0.15) is 5.10 Å². The number of hydrogen-bond donors (Lipinski definition) is 2. The van der Waals surface area contributed by atoms with Gasteiger partial charge in [0.05, 0.1) is 28.5 Å². The van der Waals surface area contributed by atoms with Crippen LogP contribution in [0.2, 0.25) is 0 Å². The molecule has 0 bridgehead atoms. The summed E-state index contributed by atoms with van der Waals surface area (Å²) in [6.07, 6.45) is 3.98. The Balaban J connectivity index is 1.27. The van der Waals surface area contributed by atoms with Gasteiger partial charge in [-0.25, -0.2) is 9.67 Å². The maximum absolute atomic E-state index is 13.4. The number of rotatable bonds is 6. The van der Waals surface area contributed by atoms with E-state index in [1.165, 1.54) is 6.20 Å². The summed E-state index contributed by atoms with van der Waals surface area (Å²) < 4.78 is 7.67. The van der Waals surface area contributed by atoms with Crippen LogP contribution in [-0.2, 0) is 13.0 Å². The normalized spacial score (nSPS) is 12.5. The topological polar surface area (TPSA) is 98.8 Å². The Morgan fingerprint density at radius 1 is 1.11 bits per heavy atom. The molecule has 3 N–H and O–H groups in total. The first-order valence-corrected chi connectivity index (χ1v) is 11.4. The van der Waals surface area contributed by atoms with Gasteiger partial charge in [-0.15, -0.1) is 0 Å². The molecule has 3 aromatic carbocycles. The SMILES string of the molecule is Cc1nc2ccc(-n3ncc(C(=O)C4=Cc5c(cccc5OCc5ccccc5)C4)c3N)cc2[nH]1. The number of nitrogens with zero attached hydrogens (tertiary/aromatic N) is 3. The van der Waals surface area contributed by atoms with Crippen LogP contribution in [0.3, 0.4) is 0 Å². The number of carbonyl (C=O) groups is 1. The number of ether oxygens (including phenoxy) is 1. The molecule has 0 atom stereocenters. The Hall–Kier alpha value is -4.65. The number of nitrogen functional groups attached to an aromatic ring is 1. The number of imidazole rings is 1. The highest BCUT2D eigenvalue weighted by Crippen LogP contribution is 2.35. The van der Waals surface area contributed by atoms with E-state index in [1.807, 2.05) is 79.7 Å². The Kier molecular flexibility index (Phi) is 4.95. The number of anilines is 1. The Morgan fingerprint density at radius 3 is 2.83 bits per heavy atom. The molecule has 7 heteroatoms. The number of ketones is 1. The quantitative estimate of drug-likeness (QED) is 0.345. The Labute approximate surface area is 201 Å². The molecule has 35 heavy (non-hydrogen) atoms. The first kappa shape index (κ1) is 20.9. The number of aromatic amines is 1. The maximum Gasteiger partial charge on any atom is 0.194 e. The predicted octanol–water partition coefficient (Wildman–Crippen LogP) is 5.04. The number of aryl methyl sites for hydroxylation is 1. The lowest BCUT2D eigenvalue weighted by Crippen LogP contribution is -2.08. The number of allylic oxidation sites excluding steroid dienone is 1. The zero-order valence-corrected chi connectivity index (χ0v) is 19.2. The summed E-state index contributed by atoms with van der Waals surface area (Å²) in [4.78, 5) is 21.1. The van der Waals surface area contributed by atoms with Crippen molar-refractivity contribution in [2.24, 2.45) is 0 Å². The first-order chi connectivity index (χ1) is 17.1. The molecule has 1 aliphatic carbocycles. The molecule has 0 saturated carbocycles. The minimum Gasteiger partial charge on any atom is -0.488 e. The highest BCUT2D eigenvalue weighted by atomic mass is 16.5. The monoisotopic (exact) mass is 461 g/mol. The van der Waals surface area contributed by atoms with Crippen LogP contribution in [0, 0.1) is 6.92 Å². The smallest absolute Gasteiger partial charge is 0.194 e. The number of nitrogens with one attached hydrogen (secondary N) is 1. The van der Waals surface area contributed by atoms with E-state index >= 15 is 0 Å². The molecule has 0 spiro atoms. The summed E-state index contributed by atoms with van der Waals surface area (Å²) in [7, 11) is 0. The van der Waals surface area contributed by atoms with Gasteiger partial charge in [-0.1, -0.05) is 42.5 Å². The molecule has 0 saturated heterocycles. The molecule has 0 amide bonds. The Bertz CT molecular complexity index is 1610. The molecule has 2 aromatic heterocycles. The molecule has 0 unspecified atom stereocenters. The highest BCUT2D eigenvalue weighted by molar-refractivity contribution is 6.15. The minimum absolute atomic E-state index is 0.127. The van der Waals surface area contributed by atoms with Gasteiger partial charge < -0.3 is 15.5 Å². The van der Waals surface area contributed by atoms with Crippen molar-refractivity contribution >= 4 is 28.7 Å². The first-order valence-electron chi connectivity index (χ1n) is 11.4. The van der Waals surface area contributed by atoms with Crippen LogP contribution >= 0.6 is 0 Å². The van der Waals surface area contributed by atoms with Crippen LogP contribution in [0.4, 0.5) is 5.82 Å². The number of benzene rings is 3. The fourth-order valence-corrected chi connectivity index (χ4v) is 4.51. The van der Waals surface area contributed by atoms with Crippen molar-refractivity contribution in [2.45, 2.75) is 20.0 Å².